The summed E-state index contributed by atoms with van der Waals surface area (Å²) in [6.45, 7) is 8.10. The lowest BCUT2D eigenvalue weighted by Gasteiger charge is -2.24. The number of hydrogen-bond donors (Lipinski definition) is 3. The molecule has 27 heavy (non-hydrogen) atoms. The van der Waals surface area contributed by atoms with Gasteiger partial charge in [-0.1, -0.05) is 19.2 Å². The van der Waals surface area contributed by atoms with E-state index in [0.29, 0.717) is 19.1 Å². The van der Waals surface area contributed by atoms with Crippen molar-refractivity contribution in [2.45, 2.75) is 44.7 Å². The fourth-order valence-corrected chi connectivity index (χ4v) is 2.31. The van der Waals surface area contributed by atoms with Crippen LogP contribution in [0.2, 0.25) is 0 Å². The van der Waals surface area contributed by atoms with E-state index in [-0.39, 0.29) is 35.3 Å². The van der Waals surface area contributed by atoms with Crippen LogP contribution in [0.3, 0.4) is 0 Å². The van der Waals surface area contributed by atoms with Crippen molar-refractivity contribution in [3.63, 3.8) is 0 Å². The van der Waals surface area contributed by atoms with E-state index in [0.717, 1.165) is 6.26 Å². The number of aldehydes is 1. The molecule has 0 spiro atoms. The molecule has 0 aromatic heterocycles. The van der Waals surface area contributed by atoms with Crippen LogP contribution in [0, 0.1) is 0 Å². The van der Waals surface area contributed by atoms with Gasteiger partial charge in [-0.05, 0) is 26.2 Å². The molecule has 1 aliphatic rings. The SMILES string of the molecule is C=C1COC(O)/C(C(O/C=C(/C)C=O)C(=C)C(=O)O)=C\CCCC(O)C1=O. The van der Waals surface area contributed by atoms with Crippen molar-refractivity contribution in [3.05, 3.63) is 47.8 Å². The molecular weight excluding hydrogens is 356 g/mol. The first-order valence-electron chi connectivity index (χ1n) is 8.28. The van der Waals surface area contributed by atoms with Gasteiger partial charge < -0.3 is 24.8 Å². The van der Waals surface area contributed by atoms with E-state index in [2.05, 4.69) is 13.2 Å². The zero-order chi connectivity index (χ0) is 20.6. The molecule has 0 saturated heterocycles. The minimum absolute atomic E-state index is 0.0194. The molecule has 3 unspecified atom stereocenters. The van der Waals surface area contributed by atoms with E-state index in [1.165, 1.54) is 13.0 Å². The van der Waals surface area contributed by atoms with Crippen molar-refractivity contribution in [2.24, 2.45) is 0 Å². The minimum Gasteiger partial charge on any atom is -0.488 e. The predicted molar refractivity (Wildman–Crippen MR) is 95.5 cm³/mol. The van der Waals surface area contributed by atoms with Gasteiger partial charge in [0.05, 0.1) is 18.4 Å². The monoisotopic (exact) mass is 380 g/mol. The van der Waals surface area contributed by atoms with Crippen LogP contribution in [-0.2, 0) is 23.9 Å². The number of allylic oxidation sites excluding steroid dienone is 2. The summed E-state index contributed by atoms with van der Waals surface area (Å²) in [5.74, 6) is -1.92. The molecule has 8 heteroatoms. The Morgan fingerprint density at radius 1 is 1.44 bits per heavy atom. The second-order valence-corrected chi connectivity index (χ2v) is 6.11. The highest BCUT2D eigenvalue weighted by atomic mass is 16.6. The Bertz CT molecular complexity index is 673. The lowest BCUT2D eigenvalue weighted by molar-refractivity contribution is -0.133. The molecule has 1 aliphatic heterocycles. The van der Waals surface area contributed by atoms with Crippen molar-refractivity contribution in [1.82, 2.24) is 0 Å². The molecule has 0 aromatic carbocycles. The van der Waals surface area contributed by atoms with Gasteiger partial charge in [0, 0.05) is 16.7 Å². The Labute approximate surface area is 157 Å². The normalized spacial score (nSPS) is 25.6. The summed E-state index contributed by atoms with van der Waals surface area (Å²) in [4.78, 5) is 34.0. The Hall–Kier alpha value is -2.55. The van der Waals surface area contributed by atoms with Crippen LogP contribution in [0.15, 0.2) is 47.8 Å². The topological polar surface area (TPSA) is 130 Å². The summed E-state index contributed by atoms with van der Waals surface area (Å²) in [7, 11) is 0. The number of ether oxygens (including phenoxy) is 2. The van der Waals surface area contributed by atoms with Gasteiger partial charge in [-0.25, -0.2) is 4.79 Å². The maximum absolute atomic E-state index is 11.9. The van der Waals surface area contributed by atoms with Crippen LogP contribution in [0.4, 0.5) is 0 Å². The van der Waals surface area contributed by atoms with Crippen LogP contribution in [0.1, 0.15) is 26.2 Å². The van der Waals surface area contributed by atoms with Gasteiger partial charge in [-0.3, -0.25) is 9.59 Å². The molecule has 8 nitrogen and oxygen atoms in total. The average Bonchev–Trinajstić information content (AvgIpc) is 2.66. The highest BCUT2D eigenvalue weighted by molar-refractivity contribution is 5.98. The molecule has 1 rings (SSSR count). The zero-order valence-corrected chi connectivity index (χ0v) is 15.1. The number of ketones is 1. The number of carboxylic acids is 1. The first-order chi connectivity index (χ1) is 12.7. The summed E-state index contributed by atoms with van der Waals surface area (Å²) in [6, 6.07) is 0. The van der Waals surface area contributed by atoms with Crippen LogP contribution in [0.25, 0.3) is 0 Å². The molecule has 0 saturated carbocycles. The molecule has 0 fully saturated rings. The van der Waals surface area contributed by atoms with Crippen LogP contribution in [0.5, 0.6) is 0 Å². The third-order valence-electron chi connectivity index (χ3n) is 3.88. The number of aliphatic hydroxyl groups is 2. The minimum atomic E-state index is -1.60. The molecule has 0 amide bonds. The second-order valence-electron chi connectivity index (χ2n) is 6.11. The van der Waals surface area contributed by atoms with Gasteiger partial charge in [0.1, 0.15) is 12.4 Å². The van der Waals surface area contributed by atoms with Crippen molar-refractivity contribution >= 4 is 18.0 Å². The van der Waals surface area contributed by atoms with Crippen LogP contribution in [-0.4, -0.2) is 58.5 Å². The van der Waals surface area contributed by atoms with Gasteiger partial charge in [0.2, 0.25) is 0 Å². The number of carbonyl (C=O) groups is 3. The maximum Gasteiger partial charge on any atom is 0.335 e. The highest BCUT2D eigenvalue weighted by Gasteiger charge is 2.30. The van der Waals surface area contributed by atoms with Gasteiger partial charge in [0.25, 0.3) is 0 Å². The molecule has 148 valence electrons. The molecule has 3 N–H and O–H groups in total. The fourth-order valence-electron chi connectivity index (χ4n) is 2.31. The summed E-state index contributed by atoms with van der Waals surface area (Å²) >= 11 is 0. The van der Waals surface area contributed by atoms with Crippen molar-refractivity contribution in [2.75, 3.05) is 6.61 Å². The molecule has 0 bridgehead atoms. The summed E-state index contributed by atoms with van der Waals surface area (Å²) < 4.78 is 10.6. The van der Waals surface area contributed by atoms with E-state index in [9.17, 15) is 29.7 Å². The first kappa shape index (κ1) is 22.5. The summed E-state index contributed by atoms with van der Waals surface area (Å²) in [5.41, 5.74) is -0.125. The average molecular weight is 380 g/mol. The number of rotatable bonds is 6. The quantitative estimate of drug-likeness (QED) is 0.270. The van der Waals surface area contributed by atoms with Gasteiger partial charge in [-0.2, -0.15) is 0 Å². The smallest absolute Gasteiger partial charge is 0.335 e. The summed E-state index contributed by atoms with van der Waals surface area (Å²) in [5, 5.41) is 29.5. The third-order valence-corrected chi connectivity index (χ3v) is 3.88. The Kier molecular flexibility index (Phi) is 8.80. The van der Waals surface area contributed by atoms with Gasteiger partial charge in [-0.15, -0.1) is 0 Å². The van der Waals surface area contributed by atoms with Crippen LogP contribution >= 0.6 is 0 Å². The number of aliphatic carboxylic acids is 1. The molecule has 3 atom stereocenters. The van der Waals surface area contributed by atoms with E-state index in [4.69, 9.17) is 9.47 Å². The van der Waals surface area contributed by atoms with Gasteiger partial charge in [0.15, 0.2) is 18.2 Å². The van der Waals surface area contributed by atoms with E-state index in [1.807, 2.05) is 0 Å². The summed E-state index contributed by atoms with van der Waals surface area (Å²) in [6.07, 6.45) is -0.119. The van der Waals surface area contributed by atoms with Crippen molar-refractivity contribution < 1.29 is 39.2 Å². The predicted octanol–water partition coefficient (Wildman–Crippen LogP) is 1.05. The zero-order valence-electron chi connectivity index (χ0n) is 15.1. The Morgan fingerprint density at radius 3 is 2.70 bits per heavy atom. The second kappa shape index (κ2) is 10.6. The number of Topliss-reactive ketones (excluding diaryl/α,β-unsaturated/α-hetero) is 1. The molecule has 0 aromatic rings. The maximum atomic E-state index is 11.9. The van der Waals surface area contributed by atoms with Crippen molar-refractivity contribution in [1.29, 1.82) is 0 Å². The molecule has 0 aliphatic carbocycles. The Balaban J connectivity index is 3.19. The van der Waals surface area contributed by atoms with E-state index < -0.39 is 30.3 Å². The molecule has 1 heterocycles. The van der Waals surface area contributed by atoms with E-state index in [1.54, 1.807) is 0 Å². The lowest BCUT2D eigenvalue weighted by atomic mass is 9.99. The number of carbonyl (C=O) groups excluding carboxylic acids is 2. The van der Waals surface area contributed by atoms with Gasteiger partial charge >= 0.3 is 5.97 Å². The molecular formula is C19H24O8. The number of aliphatic hydroxyl groups excluding tert-OH is 2. The highest BCUT2D eigenvalue weighted by Crippen LogP contribution is 2.23. The number of hydrogen-bond acceptors (Lipinski definition) is 7. The molecule has 0 radical (unpaired) electrons. The van der Waals surface area contributed by atoms with Crippen LogP contribution < -0.4 is 0 Å². The largest absolute Gasteiger partial charge is 0.488 e. The lowest BCUT2D eigenvalue weighted by Crippen LogP contribution is -2.31. The first-order valence-corrected chi connectivity index (χ1v) is 8.28. The third kappa shape index (κ3) is 6.59. The standard InChI is InChI=1S/C19H24O8/c1-11(8-20)9-26-17(13(3)18(23)24)14-6-4-5-7-15(21)16(22)12(2)10-27-19(14)25/h6,8-9,15,17,19,21,25H,2-5,7,10H2,1H3,(H,23,24)/b11-9-,14-6-. The Morgan fingerprint density at radius 2 is 2.11 bits per heavy atom. The number of carboxylic acid groups (broad SMARTS) is 1. The van der Waals surface area contributed by atoms with Crippen molar-refractivity contribution in [3.8, 4) is 0 Å². The van der Waals surface area contributed by atoms with E-state index >= 15 is 0 Å². The fraction of sp³-hybridized carbons (Fsp3) is 0.421.